The molecule has 28 heavy (non-hydrogen) atoms. The third kappa shape index (κ3) is 4.86. The number of carbonyl (C=O) groups excluding carboxylic acids is 3. The summed E-state index contributed by atoms with van der Waals surface area (Å²) in [5, 5.41) is 4.97. The summed E-state index contributed by atoms with van der Waals surface area (Å²) >= 11 is 1.28. The highest BCUT2D eigenvalue weighted by molar-refractivity contribution is 7.14. The van der Waals surface area contributed by atoms with Crippen molar-refractivity contribution in [3.8, 4) is 5.75 Å². The Morgan fingerprint density at radius 2 is 1.75 bits per heavy atom. The fraction of sp³-hybridized carbons (Fsp3) is 0.368. The molecule has 2 heterocycles. The Balaban J connectivity index is 1.53. The maximum absolute atomic E-state index is 12.4. The van der Waals surface area contributed by atoms with E-state index in [2.05, 4.69) is 10.3 Å². The zero-order valence-electron chi connectivity index (χ0n) is 15.8. The molecular weight excluding hydrogens is 380 g/mol. The average molecular weight is 402 g/mol. The molecule has 148 valence electrons. The largest absolute Gasteiger partial charge is 0.497 e. The third-order valence-electron chi connectivity index (χ3n) is 4.53. The van der Waals surface area contributed by atoms with E-state index < -0.39 is 0 Å². The fourth-order valence-corrected chi connectivity index (χ4v) is 3.60. The van der Waals surface area contributed by atoms with Gasteiger partial charge in [-0.05, 0) is 24.3 Å². The molecule has 0 bridgehead atoms. The second-order valence-corrected chi connectivity index (χ2v) is 7.25. The molecule has 9 heteroatoms. The van der Waals surface area contributed by atoms with Crippen LogP contribution in [0.25, 0.3) is 0 Å². The molecule has 1 aliphatic rings. The smallest absolute Gasteiger partial charge is 0.257 e. The molecule has 1 aromatic heterocycles. The van der Waals surface area contributed by atoms with Crippen molar-refractivity contribution in [1.29, 1.82) is 0 Å². The van der Waals surface area contributed by atoms with Crippen molar-refractivity contribution in [3.05, 3.63) is 40.9 Å². The molecule has 1 aromatic carbocycles. The van der Waals surface area contributed by atoms with Crippen LogP contribution in [0.1, 0.15) is 23.0 Å². The molecule has 0 radical (unpaired) electrons. The first-order chi connectivity index (χ1) is 13.5. The number of carbonyl (C=O) groups is 3. The molecular formula is C19H22N4O4S. The second-order valence-electron chi connectivity index (χ2n) is 6.39. The SMILES string of the molecule is COc1ccc(C(=O)Nc2nc(CC(=O)N3CCN(C(C)=O)CC3)cs2)cc1. The van der Waals surface area contributed by atoms with E-state index in [0.717, 1.165) is 0 Å². The first kappa shape index (κ1) is 19.8. The van der Waals surface area contributed by atoms with Crippen molar-refractivity contribution in [3.63, 3.8) is 0 Å². The van der Waals surface area contributed by atoms with Crippen molar-refractivity contribution in [1.82, 2.24) is 14.8 Å². The zero-order chi connectivity index (χ0) is 20.1. The maximum atomic E-state index is 12.4. The Morgan fingerprint density at radius 3 is 2.36 bits per heavy atom. The minimum Gasteiger partial charge on any atom is -0.497 e. The normalized spacial score (nSPS) is 13.9. The maximum Gasteiger partial charge on any atom is 0.257 e. The summed E-state index contributed by atoms with van der Waals surface area (Å²) in [6, 6.07) is 6.78. The van der Waals surface area contributed by atoms with E-state index in [-0.39, 0.29) is 24.1 Å². The van der Waals surface area contributed by atoms with Crippen LogP contribution in [0.2, 0.25) is 0 Å². The average Bonchev–Trinajstić information content (AvgIpc) is 3.14. The minimum atomic E-state index is -0.268. The van der Waals surface area contributed by atoms with Crippen LogP contribution < -0.4 is 10.1 Å². The summed E-state index contributed by atoms with van der Waals surface area (Å²) in [5.74, 6) is 0.413. The Hall–Kier alpha value is -2.94. The van der Waals surface area contributed by atoms with E-state index in [1.165, 1.54) is 18.3 Å². The number of aromatic nitrogens is 1. The number of thiazole rings is 1. The Morgan fingerprint density at radius 1 is 1.11 bits per heavy atom. The highest BCUT2D eigenvalue weighted by atomic mass is 32.1. The molecule has 1 N–H and O–H groups in total. The third-order valence-corrected chi connectivity index (χ3v) is 5.34. The molecule has 3 amide bonds. The number of nitrogens with one attached hydrogen (secondary N) is 1. The fourth-order valence-electron chi connectivity index (χ4n) is 2.89. The number of amides is 3. The van der Waals surface area contributed by atoms with Gasteiger partial charge in [0, 0.05) is 44.0 Å². The summed E-state index contributed by atoms with van der Waals surface area (Å²) in [5.41, 5.74) is 1.12. The summed E-state index contributed by atoms with van der Waals surface area (Å²) in [7, 11) is 1.57. The Bertz CT molecular complexity index is 857. The van der Waals surface area contributed by atoms with Gasteiger partial charge in [0.05, 0.1) is 19.2 Å². The van der Waals surface area contributed by atoms with E-state index in [1.807, 2.05) is 0 Å². The van der Waals surface area contributed by atoms with Gasteiger partial charge < -0.3 is 14.5 Å². The number of hydrogen-bond donors (Lipinski definition) is 1. The van der Waals surface area contributed by atoms with Crippen molar-refractivity contribution < 1.29 is 19.1 Å². The summed E-state index contributed by atoms with van der Waals surface area (Å²) < 4.78 is 5.08. The molecule has 1 aliphatic heterocycles. The van der Waals surface area contributed by atoms with Gasteiger partial charge >= 0.3 is 0 Å². The van der Waals surface area contributed by atoms with Gasteiger partial charge in [-0.25, -0.2) is 4.98 Å². The van der Waals surface area contributed by atoms with E-state index in [0.29, 0.717) is 48.3 Å². The van der Waals surface area contributed by atoms with Gasteiger partial charge in [-0.1, -0.05) is 0 Å². The van der Waals surface area contributed by atoms with E-state index in [1.54, 1.807) is 46.6 Å². The van der Waals surface area contributed by atoms with Crippen molar-refractivity contribution in [2.24, 2.45) is 0 Å². The molecule has 8 nitrogen and oxygen atoms in total. The van der Waals surface area contributed by atoms with E-state index >= 15 is 0 Å². The number of ether oxygens (including phenoxy) is 1. The lowest BCUT2D eigenvalue weighted by Gasteiger charge is -2.34. The van der Waals surface area contributed by atoms with Gasteiger partial charge in [-0.2, -0.15) is 0 Å². The number of anilines is 1. The Labute approximate surface area is 167 Å². The highest BCUT2D eigenvalue weighted by Crippen LogP contribution is 2.19. The Kier molecular flexibility index (Phi) is 6.25. The van der Waals surface area contributed by atoms with Crippen LogP contribution in [-0.4, -0.2) is 65.8 Å². The first-order valence-electron chi connectivity index (χ1n) is 8.89. The summed E-state index contributed by atoms with van der Waals surface area (Å²) in [6.07, 6.45) is 0.176. The van der Waals surface area contributed by atoms with Crippen LogP contribution >= 0.6 is 11.3 Å². The number of methoxy groups -OCH3 is 1. The van der Waals surface area contributed by atoms with Gasteiger partial charge in [0.25, 0.3) is 5.91 Å². The van der Waals surface area contributed by atoms with Crippen molar-refractivity contribution >= 4 is 34.2 Å². The topological polar surface area (TPSA) is 91.8 Å². The molecule has 0 aliphatic carbocycles. The van der Waals surface area contributed by atoms with Gasteiger partial charge in [0.1, 0.15) is 5.75 Å². The molecule has 3 rings (SSSR count). The standard InChI is InChI=1S/C19H22N4O4S/c1-13(24)22-7-9-23(10-8-22)17(25)11-15-12-28-19(20-15)21-18(26)14-3-5-16(27-2)6-4-14/h3-6,12H,7-11H2,1-2H3,(H,20,21,26). The summed E-state index contributed by atoms with van der Waals surface area (Å²) in [4.78, 5) is 43.9. The van der Waals surface area contributed by atoms with Crippen LogP contribution in [0.15, 0.2) is 29.6 Å². The number of hydrogen-bond acceptors (Lipinski definition) is 6. The number of benzene rings is 1. The lowest BCUT2D eigenvalue weighted by Crippen LogP contribution is -2.50. The van der Waals surface area contributed by atoms with Crippen LogP contribution in [-0.2, 0) is 16.0 Å². The lowest BCUT2D eigenvalue weighted by molar-refractivity contribution is -0.138. The molecule has 1 saturated heterocycles. The van der Waals surface area contributed by atoms with Gasteiger partial charge in [-0.15, -0.1) is 11.3 Å². The van der Waals surface area contributed by atoms with Crippen LogP contribution in [0, 0.1) is 0 Å². The van der Waals surface area contributed by atoms with Gasteiger partial charge in [-0.3, -0.25) is 19.7 Å². The molecule has 0 atom stereocenters. The number of nitrogens with zero attached hydrogens (tertiary/aromatic N) is 3. The number of rotatable bonds is 5. The van der Waals surface area contributed by atoms with Gasteiger partial charge in [0.2, 0.25) is 11.8 Å². The van der Waals surface area contributed by atoms with Crippen LogP contribution in [0.3, 0.4) is 0 Å². The van der Waals surface area contributed by atoms with Crippen molar-refractivity contribution in [2.45, 2.75) is 13.3 Å². The molecule has 0 unspecified atom stereocenters. The first-order valence-corrected chi connectivity index (χ1v) is 9.77. The quantitative estimate of drug-likeness (QED) is 0.821. The number of piperazine rings is 1. The van der Waals surface area contributed by atoms with Crippen LogP contribution in [0.5, 0.6) is 5.75 Å². The summed E-state index contributed by atoms with van der Waals surface area (Å²) in [6.45, 7) is 3.71. The van der Waals surface area contributed by atoms with Gasteiger partial charge in [0.15, 0.2) is 5.13 Å². The molecule has 0 saturated carbocycles. The lowest BCUT2D eigenvalue weighted by atomic mass is 10.2. The van der Waals surface area contributed by atoms with Crippen molar-refractivity contribution in [2.75, 3.05) is 38.6 Å². The van der Waals surface area contributed by atoms with Crippen LogP contribution in [0.4, 0.5) is 5.13 Å². The molecule has 1 fully saturated rings. The minimum absolute atomic E-state index is 0.0264. The molecule has 2 aromatic rings. The monoisotopic (exact) mass is 402 g/mol. The second kappa shape index (κ2) is 8.83. The predicted molar refractivity (Wildman–Crippen MR) is 106 cm³/mol. The zero-order valence-corrected chi connectivity index (χ0v) is 16.6. The van der Waals surface area contributed by atoms with E-state index in [4.69, 9.17) is 4.74 Å². The highest BCUT2D eigenvalue weighted by Gasteiger charge is 2.23. The van der Waals surface area contributed by atoms with E-state index in [9.17, 15) is 14.4 Å². The predicted octanol–water partition coefficient (Wildman–Crippen LogP) is 1.64. The molecule has 0 spiro atoms.